The first-order valence-corrected chi connectivity index (χ1v) is 8.87. The van der Waals surface area contributed by atoms with Crippen molar-refractivity contribution in [3.63, 3.8) is 0 Å². The Morgan fingerprint density at radius 2 is 1.78 bits per heavy atom. The molecule has 0 spiro atoms. The lowest BCUT2D eigenvalue weighted by Gasteiger charge is -2.15. The Labute approximate surface area is 160 Å². The van der Waals surface area contributed by atoms with Crippen LogP contribution in [0.2, 0.25) is 5.02 Å². The number of hydrogen-bond acceptors (Lipinski definition) is 5. The van der Waals surface area contributed by atoms with Gasteiger partial charge in [-0.05, 0) is 25.5 Å². The van der Waals surface area contributed by atoms with Crippen LogP contribution < -0.4 is 0 Å². The van der Waals surface area contributed by atoms with Crippen molar-refractivity contribution < 1.29 is 26.4 Å². The number of nitrogens with one attached hydrogen (secondary N) is 1. The molecule has 0 unspecified atom stereocenters. The molecule has 2 aromatic carbocycles. The van der Waals surface area contributed by atoms with Crippen LogP contribution in [0.5, 0.6) is 0 Å². The highest BCUT2D eigenvalue weighted by Gasteiger charge is 2.35. The van der Waals surface area contributed by atoms with Crippen molar-refractivity contribution in [3.8, 4) is 0 Å². The third-order valence-corrected chi connectivity index (χ3v) is 3.69. The van der Waals surface area contributed by atoms with Crippen LogP contribution >= 0.6 is 11.6 Å². The van der Waals surface area contributed by atoms with Crippen molar-refractivity contribution in [2.75, 3.05) is 0 Å². The molecule has 27 heavy (non-hydrogen) atoms. The van der Waals surface area contributed by atoms with E-state index in [1.54, 1.807) is 30.3 Å². The van der Waals surface area contributed by atoms with Crippen LogP contribution in [0.15, 0.2) is 47.6 Å². The van der Waals surface area contributed by atoms with Crippen molar-refractivity contribution in [2.45, 2.75) is 26.6 Å². The normalized spacial score (nSPS) is 11.4. The molecule has 0 saturated heterocycles. The van der Waals surface area contributed by atoms with E-state index < -0.39 is 22.2 Å². The molecule has 0 saturated carbocycles. The van der Waals surface area contributed by atoms with Gasteiger partial charge < -0.3 is 4.84 Å². The third-order valence-electron chi connectivity index (χ3n) is 3.33. The first-order valence-electron chi connectivity index (χ1n) is 7.41. The van der Waals surface area contributed by atoms with Crippen molar-refractivity contribution in [1.82, 2.24) is 0 Å². The van der Waals surface area contributed by atoms with E-state index in [0.717, 1.165) is 0 Å². The lowest BCUT2D eigenvalue weighted by atomic mass is 9.98. The maximum Gasteiger partial charge on any atom is 0.417 e. The van der Waals surface area contributed by atoms with Crippen LogP contribution in [0.3, 0.4) is 0 Å². The number of benzene rings is 2. The summed E-state index contributed by atoms with van der Waals surface area (Å²) in [4.78, 5) is 5.16. The molecular weight excluding hydrogens is 405 g/mol. The average Bonchev–Trinajstić information content (AvgIpc) is 2.54. The molecule has 0 fully saturated rings. The fraction of sp³-hybridized carbons (Fsp3) is 0.235. The SMILES string of the molecule is C/C(=N\OCc1ccccc1Cl)c1cccc(C)c1C(F)(F)F.N=S(=O)=O. The third kappa shape index (κ3) is 7.40. The minimum Gasteiger partial charge on any atom is -0.391 e. The molecule has 0 heterocycles. The summed E-state index contributed by atoms with van der Waals surface area (Å²) in [7, 11) is -2.61. The minimum absolute atomic E-state index is 0.0108. The van der Waals surface area contributed by atoms with Crippen molar-refractivity contribution in [2.24, 2.45) is 5.16 Å². The van der Waals surface area contributed by atoms with Crippen LogP contribution in [-0.2, 0) is 28.1 Å². The van der Waals surface area contributed by atoms with Gasteiger partial charge in [-0.25, -0.2) is 0 Å². The second kappa shape index (κ2) is 10.1. The number of aryl methyl sites for hydroxylation is 1. The first-order chi connectivity index (χ1) is 12.5. The van der Waals surface area contributed by atoms with E-state index in [-0.39, 0.29) is 23.4 Å². The van der Waals surface area contributed by atoms with Crippen LogP contribution in [-0.4, -0.2) is 14.1 Å². The second-order valence-corrected chi connectivity index (χ2v) is 6.15. The summed E-state index contributed by atoms with van der Waals surface area (Å²) in [6, 6.07) is 11.4. The summed E-state index contributed by atoms with van der Waals surface area (Å²) in [6.45, 7) is 2.99. The number of hydrogen-bond donors (Lipinski definition) is 1. The zero-order valence-corrected chi connectivity index (χ0v) is 15.9. The highest BCUT2D eigenvalue weighted by atomic mass is 35.5. The van der Waals surface area contributed by atoms with E-state index in [1.807, 2.05) is 0 Å². The minimum atomic E-state index is -4.44. The van der Waals surface area contributed by atoms with Gasteiger partial charge in [0.25, 0.3) is 0 Å². The maximum atomic E-state index is 13.2. The fourth-order valence-electron chi connectivity index (χ4n) is 2.21. The number of halogens is 4. The van der Waals surface area contributed by atoms with E-state index in [9.17, 15) is 13.2 Å². The van der Waals surface area contributed by atoms with Crippen LogP contribution in [0, 0.1) is 11.7 Å². The zero-order valence-electron chi connectivity index (χ0n) is 14.3. The molecule has 1 N–H and O–H groups in total. The second-order valence-electron chi connectivity index (χ2n) is 5.27. The monoisotopic (exact) mass is 420 g/mol. The predicted molar refractivity (Wildman–Crippen MR) is 96.3 cm³/mol. The van der Waals surface area contributed by atoms with E-state index in [2.05, 4.69) is 5.16 Å². The lowest BCUT2D eigenvalue weighted by Crippen LogP contribution is -2.14. The van der Waals surface area contributed by atoms with Gasteiger partial charge in [-0.15, -0.1) is 0 Å². The van der Waals surface area contributed by atoms with Gasteiger partial charge >= 0.3 is 16.7 Å². The molecule has 2 rings (SSSR count). The van der Waals surface area contributed by atoms with Crippen molar-refractivity contribution >= 4 is 27.8 Å². The highest BCUT2D eigenvalue weighted by molar-refractivity contribution is 7.60. The van der Waals surface area contributed by atoms with Crippen molar-refractivity contribution in [3.05, 3.63) is 69.7 Å². The summed E-state index contributed by atoms with van der Waals surface area (Å²) in [6.07, 6.45) is -4.44. The Kier molecular flexibility index (Phi) is 8.45. The molecule has 0 aliphatic rings. The van der Waals surface area contributed by atoms with Gasteiger partial charge in [-0.1, -0.05) is 53.2 Å². The summed E-state index contributed by atoms with van der Waals surface area (Å²) in [5.74, 6) is 0. The smallest absolute Gasteiger partial charge is 0.391 e. The van der Waals surface area contributed by atoms with Gasteiger partial charge in [0.15, 0.2) is 0 Å². The largest absolute Gasteiger partial charge is 0.417 e. The summed E-state index contributed by atoms with van der Waals surface area (Å²) < 4.78 is 62.4. The Hall–Kier alpha value is -2.39. The molecule has 2 aromatic rings. The average molecular weight is 421 g/mol. The quantitative estimate of drug-likeness (QED) is 0.542. The van der Waals surface area contributed by atoms with Gasteiger partial charge in [0, 0.05) is 16.1 Å². The Bertz CT molecular complexity index is 923. The molecule has 0 atom stereocenters. The molecule has 0 aromatic heterocycles. The lowest BCUT2D eigenvalue weighted by molar-refractivity contribution is -0.138. The standard InChI is InChI=1S/C17H15ClF3NO.HNO2S/c1-11-6-5-8-14(16(11)17(19,20)21)12(2)22-23-10-13-7-3-4-9-15(13)18;1-4(2)3/h3-9H,10H2,1-2H3;1H/b22-12+;. The van der Waals surface area contributed by atoms with Gasteiger partial charge in [-0.2, -0.15) is 26.4 Å². The molecule has 0 bridgehead atoms. The van der Waals surface area contributed by atoms with Crippen LogP contribution in [0.4, 0.5) is 13.2 Å². The molecule has 0 amide bonds. The molecule has 0 radical (unpaired) electrons. The fourth-order valence-corrected chi connectivity index (χ4v) is 2.40. The topological polar surface area (TPSA) is 79.6 Å². The Morgan fingerprint density at radius 3 is 2.33 bits per heavy atom. The van der Waals surface area contributed by atoms with E-state index in [4.69, 9.17) is 29.6 Å². The molecule has 0 aliphatic carbocycles. The van der Waals surface area contributed by atoms with Crippen LogP contribution in [0.25, 0.3) is 0 Å². The van der Waals surface area contributed by atoms with Gasteiger partial charge in [0.1, 0.15) is 6.61 Å². The maximum absolute atomic E-state index is 13.2. The van der Waals surface area contributed by atoms with Gasteiger partial charge in [0.05, 0.1) is 11.3 Å². The molecule has 5 nitrogen and oxygen atoms in total. The summed E-state index contributed by atoms with van der Waals surface area (Å²) in [5, 5.41) is 4.32. The number of nitrogens with zero attached hydrogens (tertiary/aromatic N) is 1. The van der Waals surface area contributed by atoms with Gasteiger partial charge in [-0.3, -0.25) is 0 Å². The van der Waals surface area contributed by atoms with E-state index >= 15 is 0 Å². The van der Waals surface area contributed by atoms with Crippen LogP contribution in [0.1, 0.15) is 29.2 Å². The number of oxime groups is 1. The Morgan fingerprint density at radius 1 is 1.19 bits per heavy atom. The summed E-state index contributed by atoms with van der Waals surface area (Å²) in [5.41, 5.74) is 0.342. The van der Waals surface area contributed by atoms with E-state index in [1.165, 1.54) is 26.0 Å². The molecule has 10 heteroatoms. The van der Waals surface area contributed by atoms with Gasteiger partial charge in [0.2, 0.25) is 0 Å². The molecule has 146 valence electrons. The number of rotatable bonds is 4. The van der Waals surface area contributed by atoms with Crippen molar-refractivity contribution in [1.29, 1.82) is 4.78 Å². The van der Waals surface area contributed by atoms with E-state index in [0.29, 0.717) is 10.6 Å². The molecular formula is C17H16ClF3N2O3S. The first kappa shape index (κ1) is 22.7. The highest BCUT2D eigenvalue weighted by Crippen LogP contribution is 2.34. The predicted octanol–water partition coefficient (Wildman–Crippen LogP) is 5.24. The molecule has 0 aliphatic heterocycles. The summed E-state index contributed by atoms with van der Waals surface area (Å²) >= 11 is 5.99. The zero-order chi connectivity index (χ0) is 20.6. The number of alkyl halides is 3. The Balaban J connectivity index is 0.000000828.